The van der Waals surface area contributed by atoms with Crippen molar-refractivity contribution < 1.29 is 22.3 Å². The van der Waals surface area contributed by atoms with Crippen molar-refractivity contribution in [2.24, 2.45) is 5.73 Å². The van der Waals surface area contributed by atoms with Crippen molar-refractivity contribution >= 4 is 9.84 Å². The summed E-state index contributed by atoms with van der Waals surface area (Å²) in [6, 6.07) is 0. The van der Waals surface area contributed by atoms with Crippen molar-refractivity contribution in [1.29, 1.82) is 0 Å². The lowest BCUT2D eigenvalue weighted by Gasteiger charge is -2.29. The Labute approximate surface area is 74.6 Å². The monoisotopic (exact) mass is 215 g/mol. The van der Waals surface area contributed by atoms with Crippen LogP contribution in [0.3, 0.4) is 0 Å². The van der Waals surface area contributed by atoms with Gasteiger partial charge in [-0.2, -0.15) is 0 Å². The number of sulfone groups is 1. The van der Waals surface area contributed by atoms with Gasteiger partial charge >= 0.3 is 0 Å². The summed E-state index contributed by atoms with van der Waals surface area (Å²) in [5.41, 5.74) is 2.28. The zero-order chi connectivity index (χ0) is 10.3. The molecule has 0 aliphatic carbocycles. The predicted octanol–water partition coefficient (Wildman–Crippen LogP) is -0.870. The molecule has 0 aromatic rings. The summed E-state index contributed by atoms with van der Waals surface area (Å²) in [5, 5.41) is 9.35. The Morgan fingerprint density at radius 1 is 1.54 bits per heavy atom. The van der Waals surface area contributed by atoms with Crippen LogP contribution in [0.25, 0.3) is 0 Å². The zero-order valence-electron chi connectivity index (χ0n) is 6.83. The van der Waals surface area contributed by atoms with Gasteiger partial charge in [0.2, 0.25) is 0 Å². The smallest absolute Gasteiger partial charge is 0.289 e. The maximum atomic E-state index is 12.9. The first kappa shape index (κ1) is 10.8. The summed E-state index contributed by atoms with van der Waals surface area (Å²) in [6.45, 7) is -1.04. The molecule has 0 amide bonds. The molecule has 1 atom stereocenters. The number of hydrogen-bond donors (Lipinski definition) is 2. The fourth-order valence-corrected chi connectivity index (χ4v) is 3.19. The SMILES string of the molecule is NCC(F)(F)C1(O)CCS(=O)(=O)C1. The Morgan fingerprint density at radius 3 is 2.38 bits per heavy atom. The first-order valence-electron chi connectivity index (χ1n) is 3.73. The molecule has 1 fully saturated rings. The largest absolute Gasteiger partial charge is 0.382 e. The van der Waals surface area contributed by atoms with Gasteiger partial charge < -0.3 is 10.8 Å². The van der Waals surface area contributed by atoms with E-state index in [-0.39, 0.29) is 0 Å². The Hall–Kier alpha value is -0.270. The molecular weight excluding hydrogens is 204 g/mol. The second-order valence-corrected chi connectivity index (χ2v) is 5.47. The van der Waals surface area contributed by atoms with Crippen LogP contribution >= 0.6 is 0 Å². The molecule has 1 aliphatic heterocycles. The zero-order valence-corrected chi connectivity index (χ0v) is 7.65. The van der Waals surface area contributed by atoms with Gasteiger partial charge in [-0.25, -0.2) is 17.2 Å². The van der Waals surface area contributed by atoms with E-state index in [0.29, 0.717) is 0 Å². The second-order valence-electron chi connectivity index (χ2n) is 3.28. The van der Waals surface area contributed by atoms with Gasteiger partial charge in [-0.3, -0.25) is 0 Å². The van der Waals surface area contributed by atoms with Crippen LogP contribution in [0, 0.1) is 0 Å². The number of rotatable bonds is 2. The summed E-state index contributed by atoms with van der Waals surface area (Å²) in [6.07, 6.45) is -0.445. The average molecular weight is 215 g/mol. The molecule has 0 aromatic carbocycles. The highest BCUT2D eigenvalue weighted by Gasteiger charge is 2.57. The Kier molecular flexibility index (Phi) is 2.38. The van der Waals surface area contributed by atoms with E-state index in [2.05, 4.69) is 0 Å². The van der Waals surface area contributed by atoms with Crippen LogP contribution in [0.15, 0.2) is 0 Å². The van der Waals surface area contributed by atoms with Crippen molar-refractivity contribution in [1.82, 2.24) is 0 Å². The number of nitrogens with two attached hydrogens (primary N) is 1. The fraction of sp³-hybridized carbons (Fsp3) is 1.00. The average Bonchev–Trinajstić information content (AvgIpc) is 2.27. The van der Waals surface area contributed by atoms with E-state index in [0.717, 1.165) is 0 Å². The first-order chi connectivity index (χ1) is 5.72. The summed E-state index contributed by atoms with van der Waals surface area (Å²) in [7, 11) is -3.53. The molecule has 0 spiro atoms. The van der Waals surface area contributed by atoms with Crippen molar-refractivity contribution in [2.45, 2.75) is 17.9 Å². The fourth-order valence-electron chi connectivity index (χ4n) is 1.31. The van der Waals surface area contributed by atoms with Gasteiger partial charge in [0, 0.05) is 0 Å². The minimum atomic E-state index is -3.53. The van der Waals surface area contributed by atoms with Crippen LogP contribution < -0.4 is 5.73 Å². The molecule has 7 heteroatoms. The minimum Gasteiger partial charge on any atom is -0.382 e. The topological polar surface area (TPSA) is 80.4 Å². The third-order valence-electron chi connectivity index (χ3n) is 2.22. The van der Waals surface area contributed by atoms with Crippen LogP contribution in [0.4, 0.5) is 8.78 Å². The Morgan fingerprint density at radius 2 is 2.08 bits per heavy atom. The second kappa shape index (κ2) is 2.86. The van der Waals surface area contributed by atoms with E-state index in [1.165, 1.54) is 0 Å². The van der Waals surface area contributed by atoms with Crippen LogP contribution in [-0.2, 0) is 9.84 Å². The highest BCUT2D eigenvalue weighted by Crippen LogP contribution is 2.36. The number of hydrogen-bond acceptors (Lipinski definition) is 4. The quantitative estimate of drug-likeness (QED) is 0.627. The van der Waals surface area contributed by atoms with Gasteiger partial charge in [0.05, 0.1) is 18.1 Å². The minimum absolute atomic E-state index is 0.404. The van der Waals surface area contributed by atoms with Crippen molar-refractivity contribution in [3.05, 3.63) is 0 Å². The predicted molar refractivity (Wildman–Crippen MR) is 42.2 cm³/mol. The van der Waals surface area contributed by atoms with E-state index in [1.807, 2.05) is 0 Å². The van der Waals surface area contributed by atoms with Crippen LogP contribution in [0.2, 0.25) is 0 Å². The lowest BCUT2D eigenvalue weighted by atomic mass is 9.95. The van der Waals surface area contributed by atoms with Gasteiger partial charge in [-0.15, -0.1) is 0 Å². The molecule has 13 heavy (non-hydrogen) atoms. The summed E-state index contributed by atoms with van der Waals surface area (Å²) >= 11 is 0. The molecule has 1 unspecified atom stereocenters. The van der Waals surface area contributed by atoms with Crippen LogP contribution in [0.1, 0.15) is 6.42 Å². The molecule has 3 N–H and O–H groups in total. The van der Waals surface area contributed by atoms with Gasteiger partial charge in [0.15, 0.2) is 9.84 Å². The van der Waals surface area contributed by atoms with E-state index < -0.39 is 45.8 Å². The van der Waals surface area contributed by atoms with E-state index in [1.54, 1.807) is 0 Å². The van der Waals surface area contributed by atoms with Gasteiger partial charge in [-0.1, -0.05) is 0 Å². The third kappa shape index (κ3) is 1.82. The van der Waals surface area contributed by atoms with E-state index in [9.17, 15) is 22.3 Å². The van der Waals surface area contributed by atoms with Crippen LogP contribution in [0.5, 0.6) is 0 Å². The van der Waals surface area contributed by atoms with Gasteiger partial charge in [0.25, 0.3) is 5.92 Å². The molecule has 1 saturated heterocycles. The summed E-state index contributed by atoms with van der Waals surface area (Å²) in [4.78, 5) is 0. The Balaban J connectivity index is 2.93. The highest BCUT2D eigenvalue weighted by molar-refractivity contribution is 7.91. The van der Waals surface area contributed by atoms with Crippen molar-refractivity contribution in [3.8, 4) is 0 Å². The molecule has 0 bridgehead atoms. The molecule has 0 saturated carbocycles. The molecular formula is C6H11F2NO3S. The van der Waals surface area contributed by atoms with E-state index >= 15 is 0 Å². The summed E-state index contributed by atoms with van der Waals surface area (Å²) in [5.74, 6) is -4.83. The Bertz CT molecular complexity index is 303. The highest BCUT2D eigenvalue weighted by atomic mass is 32.2. The molecule has 1 rings (SSSR count). The van der Waals surface area contributed by atoms with E-state index in [4.69, 9.17) is 5.73 Å². The molecule has 4 nitrogen and oxygen atoms in total. The number of halogens is 2. The van der Waals surface area contributed by atoms with Gasteiger partial charge in [-0.05, 0) is 6.42 Å². The lowest BCUT2D eigenvalue weighted by Crippen LogP contribution is -2.53. The lowest BCUT2D eigenvalue weighted by molar-refractivity contribution is -0.159. The molecule has 0 radical (unpaired) electrons. The summed E-state index contributed by atoms with van der Waals surface area (Å²) < 4.78 is 47.6. The van der Waals surface area contributed by atoms with Crippen molar-refractivity contribution in [3.63, 3.8) is 0 Å². The normalized spacial score (nSPS) is 33.5. The third-order valence-corrected chi connectivity index (χ3v) is 3.97. The molecule has 0 aromatic heterocycles. The maximum Gasteiger partial charge on any atom is 0.289 e. The van der Waals surface area contributed by atoms with Crippen molar-refractivity contribution in [2.75, 3.05) is 18.1 Å². The molecule has 1 heterocycles. The first-order valence-corrected chi connectivity index (χ1v) is 5.55. The molecule has 78 valence electrons. The molecule has 1 aliphatic rings. The maximum absolute atomic E-state index is 12.9. The standard InChI is InChI=1S/C6H11F2NO3S/c7-6(8,3-9)5(10)1-2-13(11,12)4-5/h10H,1-4,9H2. The number of alkyl halides is 2. The number of aliphatic hydroxyl groups is 1. The van der Waals surface area contributed by atoms with Crippen LogP contribution in [-0.4, -0.2) is 43.1 Å². The van der Waals surface area contributed by atoms with Gasteiger partial charge in [0.1, 0.15) is 5.60 Å².